The quantitative estimate of drug-likeness (QED) is 0.208. The zero-order valence-corrected chi connectivity index (χ0v) is 22.5. The first kappa shape index (κ1) is 19.5. The maximum Gasteiger partial charge on any atom is 0.0708 e. The Morgan fingerprint density at radius 2 is 1.07 bits per heavy atom. The molecule has 2 heterocycles. The smallest absolute Gasteiger partial charge is 0.0708 e. The van der Waals surface area contributed by atoms with Crippen LogP contribution in [0.15, 0.2) is 158 Å². The van der Waals surface area contributed by atoms with Gasteiger partial charge in [-0.25, -0.2) is 0 Å². The molecule has 2 aromatic heterocycles. The zero-order chi connectivity index (χ0) is 32.2. The summed E-state index contributed by atoms with van der Waals surface area (Å²) >= 11 is 0. The van der Waals surface area contributed by atoms with E-state index in [4.69, 9.17) is 6.85 Å². The Bertz CT molecular complexity index is 2440. The van der Waals surface area contributed by atoms with Crippen LogP contribution in [0, 0.1) is 0 Å². The molecule has 2 heteroatoms. The summed E-state index contributed by atoms with van der Waals surface area (Å²) in [5, 5.41) is 5.71. The van der Waals surface area contributed by atoms with E-state index in [2.05, 4.69) is 52.4 Å². The Morgan fingerprint density at radius 1 is 0.452 bits per heavy atom. The van der Waals surface area contributed by atoms with Gasteiger partial charge < -0.3 is 0 Å². The average molecular weight is 540 g/mol. The van der Waals surface area contributed by atoms with E-state index in [1.165, 1.54) is 0 Å². The highest BCUT2D eigenvalue weighted by Crippen LogP contribution is 2.44. The molecule has 0 unspecified atom stereocenters. The van der Waals surface area contributed by atoms with E-state index in [-0.39, 0.29) is 29.7 Å². The lowest BCUT2D eigenvalue weighted by molar-refractivity contribution is 1.30. The molecule has 0 bridgehead atoms. The monoisotopic (exact) mass is 539 g/mol. The molecule has 2 nitrogen and oxygen atoms in total. The number of fused-ring (bicyclic) bond motifs is 3. The van der Waals surface area contributed by atoms with Gasteiger partial charge in [0.25, 0.3) is 0 Å². The van der Waals surface area contributed by atoms with Crippen molar-refractivity contribution in [2.24, 2.45) is 0 Å². The van der Waals surface area contributed by atoms with Gasteiger partial charge in [0.15, 0.2) is 0 Å². The predicted molar refractivity (Wildman–Crippen MR) is 176 cm³/mol. The second-order valence-corrected chi connectivity index (χ2v) is 10.3. The molecule has 0 fully saturated rings. The number of nitrogens with zero attached hydrogens (tertiary/aromatic N) is 2. The number of pyridine rings is 2. The average Bonchev–Trinajstić information content (AvgIpc) is 3.13. The number of hydrogen-bond donors (Lipinski definition) is 0. The normalized spacial score (nSPS) is 13.0. The lowest BCUT2D eigenvalue weighted by Gasteiger charge is -2.18. The van der Waals surface area contributed by atoms with Gasteiger partial charge in [-0.3, -0.25) is 9.97 Å². The third kappa shape index (κ3) is 4.13. The van der Waals surface area contributed by atoms with Crippen molar-refractivity contribution in [3.05, 3.63) is 158 Å². The minimum Gasteiger partial charge on any atom is -0.264 e. The summed E-state index contributed by atoms with van der Waals surface area (Å²) in [6, 6.07) is 35.2. The Morgan fingerprint density at radius 3 is 1.71 bits per heavy atom. The van der Waals surface area contributed by atoms with Gasteiger partial charge >= 0.3 is 0 Å². The van der Waals surface area contributed by atoms with Gasteiger partial charge in [0.1, 0.15) is 0 Å². The van der Waals surface area contributed by atoms with Crippen molar-refractivity contribution in [2.45, 2.75) is 0 Å². The van der Waals surface area contributed by atoms with Crippen LogP contribution in [0.4, 0.5) is 0 Å². The molecule has 0 aliphatic heterocycles. The van der Waals surface area contributed by atoms with Gasteiger partial charge in [-0.15, -0.1) is 0 Å². The first-order valence-corrected chi connectivity index (χ1v) is 13.8. The third-order valence-corrected chi connectivity index (χ3v) is 7.86. The van der Waals surface area contributed by atoms with Crippen LogP contribution in [-0.2, 0) is 0 Å². The number of hydrogen-bond acceptors (Lipinski definition) is 2. The molecule has 0 aliphatic rings. The predicted octanol–water partition coefficient (Wildman–Crippen LogP) is 10.6. The fraction of sp³-hybridized carbons (Fsp3) is 0. The van der Waals surface area contributed by atoms with Gasteiger partial charge in [0.05, 0.1) is 12.5 Å². The van der Waals surface area contributed by atoms with Crippen LogP contribution in [0.5, 0.6) is 0 Å². The molecule has 0 saturated heterocycles. The van der Waals surface area contributed by atoms with Crippen molar-refractivity contribution in [3.8, 4) is 44.6 Å². The van der Waals surface area contributed by atoms with Gasteiger partial charge in [0.2, 0.25) is 0 Å². The Balaban J connectivity index is 1.31. The van der Waals surface area contributed by atoms with Crippen molar-refractivity contribution < 1.29 is 6.85 Å². The highest BCUT2D eigenvalue weighted by Gasteiger charge is 2.16. The van der Waals surface area contributed by atoms with Gasteiger partial charge in [-0.1, -0.05) is 109 Å². The Hall–Kier alpha value is -5.60. The molecule has 8 rings (SSSR count). The molecule has 0 radical (unpaired) electrons. The first-order chi connectivity index (χ1) is 22.9. The highest BCUT2D eigenvalue weighted by atomic mass is 14.7. The molecule has 8 aromatic rings. The Kier molecular flexibility index (Phi) is 4.68. The molecule has 0 saturated carbocycles. The van der Waals surface area contributed by atoms with Crippen LogP contribution in [-0.4, -0.2) is 9.97 Å². The van der Waals surface area contributed by atoms with Crippen LogP contribution >= 0.6 is 0 Å². The van der Waals surface area contributed by atoms with E-state index in [0.29, 0.717) is 5.56 Å². The van der Waals surface area contributed by atoms with Crippen molar-refractivity contribution in [1.29, 1.82) is 0 Å². The van der Waals surface area contributed by atoms with E-state index in [1.807, 2.05) is 79.1 Å². The molecule has 6 aromatic carbocycles. The second kappa shape index (κ2) is 10.1. The number of aromatic nitrogens is 2. The minimum atomic E-state index is -0.398. The summed E-state index contributed by atoms with van der Waals surface area (Å²) in [6.45, 7) is 0. The molecular weight excluding hydrogens is 508 g/mol. The topological polar surface area (TPSA) is 25.8 Å². The highest BCUT2D eigenvalue weighted by molar-refractivity contribution is 6.21. The maximum absolute atomic E-state index is 8.79. The standard InChI is InChI=1S/C40H26N2/c1-2-9-27(10-3-1)39-34-12-4-6-14-36(34)40(37-15-7-5-13-35(37)39)32-19-17-28-23-31(18-16-29(28)24-32)38-25-30(20-22-42-38)33-11-8-21-41-26-33/h1-26H/i1D,2D,3D,9D,10D. The van der Waals surface area contributed by atoms with Crippen LogP contribution in [0.2, 0.25) is 0 Å². The lowest BCUT2D eigenvalue weighted by atomic mass is 9.85. The van der Waals surface area contributed by atoms with Gasteiger partial charge in [-0.05, 0) is 90.5 Å². The molecule has 0 aliphatic carbocycles. The molecule has 0 spiro atoms. The molecule has 0 atom stereocenters. The zero-order valence-electron chi connectivity index (χ0n) is 27.5. The first-order valence-electron chi connectivity index (χ1n) is 16.3. The number of benzene rings is 6. The van der Waals surface area contributed by atoms with E-state index in [0.717, 1.165) is 65.8 Å². The van der Waals surface area contributed by atoms with Crippen molar-refractivity contribution in [3.63, 3.8) is 0 Å². The molecule has 0 N–H and O–H groups in total. The SMILES string of the molecule is [2H]c1c([2H])c([2H])c(-c2c3ccccc3c(-c3ccc4cc(-c5cc(-c6cccnc6)ccn5)ccc4c3)c3ccccc23)c([2H])c1[2H]. The molecular formula is C40H26N2. The van der Waals surface area contributed by atoms with Crippen LogP contribution < -0.4 is 0 Å². The van der Waals surface area contributed by atoms with Crippen molar-refractivity contribution in [1.82, 2.24) is 9.97 Å². The van der Waals surface area contributed by atoms with E-state index >= 15 is 0 Å². The Labute approximate surface area is 251 Å². The summed E-state index contributed by atoms with van der Waals surface area (Å²) in [5.41, 5.74) is 6.92. The van der Waals surface area contributed by atoms with Crippen LogP contribution in [0.25, 0.3) is 77.0 Å². The molecule has 42 heavy (non-hydrogen) atoms. The largest absolute Gasteiger partial charge is 0.264 e. The van der Waals surface area contributed by atoms with Gasteiger partial charge in [0, 0.05) is 29.7 Å². The molecule has 196 valence electrons. The summed E-state index contributed by atoms with van der Waals surface area (Å²) < 4.78 is 42.4. The van der Waals surface area contributed by atoms with E-state index in [1.54, 1.807) is 6.20 Å². The van der Waals surface area contributed by atoms with Crippen molar-refractivity contribution in [2.75, 3.05) is 0 Å². The van der Waals surface area contributed by atoms with Crippen LogP contribution in [0.1, 0.15) is 6.85 Å². The fourth-order valence-corrected chi connectivity index (χ4v) is 5.95. The maximum atomic E-state index is 8.79. The van der Waals surface area contributed by atoms with Gasteiger partial charge in [-0.2, -0.15) is 0 Å². The summed E-state index contributed by atoms with van der Waals surface area (Å²) in [5.74, 6) is 0. The minimum absolute atomic E-state index is 0.207. The summed E-state index contributed by atoms with van der Waals surface area (Å²) in [7, 11) is 0. The van der Waals surface area contributed by atoms with Crippen molar-refractivity contribution >= 4 is 32.3 Å². The lowest BCUT2D eigenvalue weighted by Crippen LogP contribution is -1.91. The molecule has 0 amide bonds. The summed E-state index contributed by atoms with van der Waals surface area (Å²) in [4.78, 5) is 8.91. The number of rotatable bonds is 4. The van der Waals surface area contributed by atoms with E-state index < -0.39 is 6.04 Å². The fourth-order valence-electron chi connectivity index (χ4n) is 5.95. The van der Waals surface area contributed by atoms with Crippen LogP contribution in [0.3, 0.4) is 0 Å². The second-order valence-electron chi connectivity index (χ2n) is 10.3. The third-order valence-electron chi connectivity index (χ3n) is 7.86. The summed E-state index contributed by atoms with van der Waals surface area (Å²) in [6.07, 6.45) is 5.45. The van der Waals surface area contributed by atoms with E-state index in [9.17, 15) is 0 Å².